The summed E-state index contributed by atoms with van der Waals surface area (Å²) in [6.45, 7) is 11.0. The summed E-state index contributed by atoms with van der Waals surface area (Å²) in [6.07, 6.45) is 12.4. The Morgan fingerprint density at radius 3 is 2.63 bits per heavy atom. The second kappa shape index (κ2) is 9.33. The van der Waals surface area contributed by atoms with Crippen LogP contribution in [0.5, 0.6) is 5.75 Å². The van der Waals surface area contributed by atoms with E-state index in [1.54, 1.807) is 12.1 Å². The summed E-state index contributed by atoms with van der Waals surface area (Å²) in [5, 5.41) is 9.45. The first-order chi connectivity index (χ1) is 16.6. The van der Waals surface area contributed by atoms with E-state index in [0.29, 0.717) is 30.1 Å². The van der Waals surface area contributed by atoms with Gasteiger partial charge in [-0.15, -0.1) is 0 Å². The van der Waals surface area contributed by atoms with Gasteiger partial charge in [-0.05, 0) is 79.7 Å². The van der Waals surface area contributed by atoms with Crippen LogP contribution in [0.2, 0.25) is 0 Å². The number of nitrogens with zero attached hydrogens (tertiary/aromatic N) is 1. The van der Waals surface area contributed by atoms with E-state index in [2.05, 4.69) is 32.7 Å². The largest absolute Gasteiger partial charge is 0.491 e. The fourth-order valence-electron chi connectivity index (χ4n) is 8.61. The third-order valence-electron chi connectivity index (χ3n) is 10.4. The molecule has 35 heavy (non-hydrogen) atoms. The van der Waals surface area contributed by atoms with Crippen molar-refractivity contribution in [1.29, 1.82) is 0 Å². The van der Waals surface area contributed by atoms with E-state index in [9.17, 15) is 9.90 Å². The molecular weight excluding hydrogens is 442 g/mol. The highest BCUT2D eigenvalue weighted by atomic mass is 16.7. The quantitative estimate of drug-likeness (QED) is 0.507. The number of pyridine rings is 1. The summed E-state index contributed by atoms with van der Waals surface area (Å²) in [4.78, 5) is 15.5. The van der Waals surface area contributed by atoms with Gasteiger partial charge in [0.1, 0.15) is 0 Å². The summed E-state index contributed by atoms with van der Waals surface area (Å²) in [6, 6.07) is 3.43. The molecule has 5 rings (SSSR count). The number of carbonyl (C=O) groups is 1. The summed E-state index contributed by atoms with van der Waals surface area (Å²) in [5.74, 6) is 0.905. The number of aromatic carboxylic acids is 1. The van der Waals surface area contributed by atoms with Crippen LogP contribution in [-0.4, -0.2) is 41.7 Å². The predicted molar refractivity (Wildman–Crippen MR) is 133 cm³/mol. The van der Waals surface area contributed by atoms with Gasteiger partial charge in [-0.1, -0.05) is 40.5 Å². The second-order valence-corrected chi connectivity index (χ2v) is 12.8. The molecule has 0 amide bonds. The SMILES string of the molecule is CC1(C)CCC2[C@]3(C)CO[C@@H](C4CCCC4)O[C@@H]3CC[C@@]2(C)[C@@H]1CCOc1cccnc1C(=O)O. The van der Waals surface area contributed by atoms with E-state index in [1.807, 2.05) is 0 Å². The van der Waals surface area contributed by atoms with Gasteiger partial charge in [0.2, 0.25) is 0 Å². The average Bonchev–Trinajstić information content (AvgIpc) is 3.35. The van der Waals surface area contributed by atoms with E-state index in [0.717, 1.165) is 25.9 Å². The molecule has 4 aliphatic rings. The molecule has 0 bridgehead atoms. The van der Waals surface area contributed by atoms with Gasteiger partial charge in [0, 0.05) is 17.5 Å². The molecule has 3 aliphatic carbocycles. The molecule has 6 heteroatoms. The molecule has 6 nitrogen and oxygen atoms in total. The van der Waals surface area contributed by atoms with Crippen molar-refractivity contribution in [3.8, 4) is 5.75 Å². The Kier molecular flexibility index (Phi) is 6.67. The van der Waals surface area contributed by atoms with Gasteiger partial charge in [0.25, 0.3) is 0 Å². The maximum atomic E-state index is 11.5. The lowest BCUT2D eigenvalue weighted by Gasteiger charge is -2.65. The molecule has 0 spiro atoms. The average molecular weight is 486 g/mol. The Bertz CT molecular complexity index is 927. The summed E-state index contributed by atoms with van der Waals surface area (Å²) in [7, 11) is 0. The molecule has 1 aliphatic heterocycles. The number of carboxylic acid groups (broad SMARTS) is 1. The van der Waals surface area contributed by atoms with Crippen molar-refractivity contribution >= 4 is 5.97 Å². The zero-order chi connectivity index (χ0) is 24.8. The maximum Gasteiger partial charge on any atom is 0.358 e. The van der Waals surface area contributed by atoms with E-state index in [1.165, 1.54) is 44.7 Å². The lowest BCUT2D eigenvalue weighted by atomic mass is 9.42. The lowest BCUT2D eigenvalue weighted by Crippen LogP contribution is -2.63. The minimum absolute atomic E-state index is 0.00734. The third-order valence-corrected chi connectivity index (χ3v) is 10.4. The Morgan fingerprint density at radius 2 is 1.89 bits per heavy atom. The smallest absolute Gasteiger partial charge is 0.358 e. The molecule has 3 saturated carbocycles. The summed E-state index contributed by atoms with van der Waals surface area (Å²) >= 11 is 0. The second-order valence-electron chi connectivity index (χ2n) is 12.8. The first-order valence-corrected chi connectivity index (χ1v) is 13.7. The van der Waals surface area contributed by atoms with E-state index in [-0.39, 0.29) is 34.3 Å². The van der Waals surface area contributed by atoms with Crippen LogP contribution in [0.4, 0.5) is 0 Å². The van der Waals surface area contributed by atoms with Crippen LogP contribution in [0.25, 0.3) is 0 Å². The fraction of sp³-hybridized carbons (Fsp3) is 0.793. The fourth-order valence-corrected chi connectivity index (χ4v) is 8.61. The highest BCUT2D eigenvalue weighted by Gasteiger charge is 2.62. The normalized spacial score (nSPS) is 39.0. The number of hydrogen-bond acceptors (Lipinski definition) is 5. The Morgan fingerprint density at radius 1 is 1.11 bits per heavy atom. The number of ether oxygens (including phenoxy) is 3. The van der Waals surface area contributed by atoms with Gasteiger partial charge in [0.15, 0.2) is 17.7 Å². The van der Waals surface area contributed by atoms with Crippen molar-refractivity contribution in [2.45, 2.75) is 97.9 Å². The molecule has 6 atom stereocenters. The zero-order valence-corrected chi connectivity index (χ0v) is 21.9. The molecule has 0 radical (unpaired) electrons. The molecule has 4 fully saturated rings. The van der Waals surface area contributed by atoms with E-state index >= 15 is 0 Å². The number of hydrogen-bond donors (Lipinski definition) is 1. The monoisotopic (exact) mass is 485 g/mol. The standard InChI is InChI=1S/C29H43NO5/c1-27(2)14-11-22-28(3,21(27)13-17-33-20-10-7-16-30-24(20)25(31)32)15-12-23-29(22,4)18-34-26(35-23)19-8-5-6-9-19/h7,10,16,19,21-23,26H,5-6,8-9,11-15,17-18H2,1-4H3,(H,31,32)/t21-,22?,23-,26-,28+,29+/m1/s1. The molecule has 1 N–H and O–H groups in total. The molecule has 1 saturated heterocycles. The Labute approximate surface area is 210 Å². The van der Waals surface area contributed by atoms with Gasteiger partial charge in [-0.2, -0.15) is 0 Å². The van der Waals surface area contributed by atoms with E-state index in [4.69, 9.17) is 14.2 Å². The van der Waals surface area contributed by atoms with Gasteiger partial charge in [0.05, 0.1) is 19.3 Å². The Hall–Kier alpha value is -1.66. The van der Waals surface area contributed by atoms with Crippen molar-refractivity contribution in [2.24, 2.45) is 34.0 Å². The summed E-state index contributed by atoms with van der Waals surface area (Å²) in [5.41, 5.74) is 0.400. The number of rotatable bonds is 6. The maximum absolute atomic E-state index is 11.5. The van der Waals surface area contributed by atoms with Crippen LogP contribution in [0.15, 0.2) is 18.3 Å². The molecule has 194 valence electrons. The van der Waals surface area contributed by atoms with Crippen LogP contribution < -0.4 is 4.74 Å². The van der Waals surface area contributed by atoms with Crippen LogP contribution in [-0.2, 0) is 9.47 Å². The van der Waals surface area contributed by atoms with Gasteiger partial charge < -0.3 is 19.3 Å². The number of fused-ring (bicyclic) bond motifs is 3. The molecule has 1 unspecified atom stereocenters. The first-order valence-electron chi connectivity index (χ1n) is 13.7. The van der Waals surface area contributed by atoms with Gasteiger partial charge >= 0.3 is 5.97 Å². The third kappa shape index (κ3) is 4.39. The first kappa shape index (κ1) is 25.0. The molecule has 1 aromatic rings. The van der Waals surface area contributed by atoms with Crippen LogP contribution in [0.3, 0.4) is 0 Å². The van der Waals surface area contributed by atoms with Gasteiger partial charge in [-0.25, -0.2) is 9.78 Å². The van der Waals surface area contributed by atoms with Crippen LogP contribution in [0, 0.1) is 34.0 Å². The van der Waals surface area contributed by atoms with Crippen molar-refractivity contribution in [3.63, 3.8) is 0 Å². The topological polar surface area (TPSA) is 77.9 Å². The van der Waals surface area contributed by atoms with Crippen LogP contribution in [0.1, 0.15) is 96.0 Å². The number of aromatic nitrogens is 1. The van der Waals surface area contributed by atoms with Crippen molar-refractivity contribution in [2.75, 3.05) is 13.2 Å². The predicted octanol–water partition coefficient (Wildman–Crippen LogP) is 6.34. The van der Waals surface area contributed by atoms with E-state index < -0.39 is 5.97 Å². The summed E-state index contributed by atoms with van der Waals surface area (Å²) < 4.78 is 19.2. The van der Waals surface area contributed by atoms with Crippen LogP contribution >= 0.6 is 0 Å². The van der Waals surface area contributed by atoms with Crippen molar-refractivity contribution in [3.05, 3.63) is 24.0 Å². The lowest BCUT2D eigenvalue weighted by molar-refractivity contribution is -0.322. The van der Waals surface area contributed by atoms with Gasteiger partial charge in [-0.3, -0.25) is 0 Å². The minimum Gasteiger partial charge on any atom is -0.491 e. The zero-order valence-electron chi connectivity index (χ0n) is 21.9. The highest BCUT2D eigenvalue weighted by Crippen LogP contribution is 2.66. The molecule has 0 aromatic carbocycles. The van der Waals surface area contributed by atoms with Crippen molar-refractivity contribution in [1.82, 2.24) is 4.98 Å². The Balaban J connectivity index is 1.31. The molecular formula is C29H43NO5. The minimum atomic E-state index is -1.05. The number of carboxylic acids is 1. The highest BCUT2D eigenvalue weighted by molar-refractivity contribution is 5.88. The molecule has 1 aromatic heterocycles. The van der Waals surface area contributed by atoms with Crippen molar-refractivity contribution < 1.29 is 24.1 Å². The molecule has 2 heterocycles.